The zero-order chi connectivity index (χ0) is 19.3. The first-order valence-electron chi connectivity index (χ1n) is 10.9. The highest BCUT2D eigenvalue weighted by molar-refractivity contribution is 7.20. The van der Waals surface area contributed by atoms with Crippen LogP contribution in [0, 0.1) is 12.3 Å². The molecule has 2 aliphatic heterocycles. The SMILES string of the molecule is Cc1c(C(=O)N2CCC3(CCCCC3)C2)sc2nc3n(c(=O)c12)CCCCC3. The van der Waals surface area contributed by atoms with Crippen molar-refractivity contribution in [2.45, 2.75) is 77.7 Å². The summed E-state index contributed by atoms with van der Waals surface area (Å²) in [5.74, 6) is 1.01. The van der Waals surface area contributed by atoms with E-state index in [0.29, 0.717) is 10.8 Å². The zero-order valence-electron chi connectivity index (χ0n) is 16.8. The molecule has 1 amide bonds. The predicted molar refractivity (Wildman–Crippen MR) is 112 cm³/mol. The number of carbonyl (C=O) groups excluding carboxylic acids is 1. The second kappa shape index (κ2) is 6.97. The third-order valence-corrected chi connectivity index (χ3v) is 8.42. The lowest BCUT2D eigenvalue weighted by molar-refractivity contribution is 0.0763. The molecule has 0 atom stereocenters. The first kappa shape index (κ1) is 18.3. The molecule has 4 heterocycles. The Labute approximate surface area is 169 Å². The zero-order valence-corrected chi connectivity index (χ0v) is 17.6. The van der Waals surface area contributed by atoms with E-state index in [1.165, 1.54) is 43.4 Å². The molecule has 5 rings (SSSR count). The standard InChI is InChI=1S/C22H29N3O2S/c1-15-17-19(23-16-8-4-2-7-12-25(16)20(17)26)28-18(15)21(27)24-13-11-22(14-24)9-5-3-6-10-22/h2-14H2,1H3. The molecule has 1 saturated heterocycles. The van der Waals surface area contributed by atoms with Crippen LogP contribution < -0.4 is 5.56 Å². The van der Waals surface area contributed by atoms with Crippen LogP contribution in [-0.4, -0.2) is 33.4 Å². The van der Waals surface area contributed by atoms with Gasteiger partial charge in [0.15, 0.2) is 0 Å². The van der Waals surface area contributed by atoms with E-state index >= 15 is 0 Å². The normalized spacial score (nSPS) is 21.8. The number of carbonyl (C=O) groups is 1. The van der Waals surface area contributed by atoms with Gasteiger partial charge >= 0.3 is 0 Å². The number of rotatable bonds is 1. The summed E-state index contributed by atoms with van der Waals surface area (Å²) in [6.07, 6.45) is 11.7. The Morgan fingerprint density at radius 1 is 1.04 bits per heavy atom. The van der Waals surface area contributed by atoms with Gasteiger partial charge in [-0.25, -0.2) is 4.98 Å². The molecule has 28 heavy (non-hydrogen) atoms. The van der Waals surface area contributed by atoms with Crippen LogP contribution >= 0.6 is 11.3 Å². The van der Waals surface area contributed by atoms with Crippen LogP contribution in [0.2, 0.25) is 0 Å². The summed E-state index contributed by atoms with van der Waals surface area (Å²) in [6, 6.07) is 0. The van der Waals surface area contributed by atoms with E-state index in [1.807, 2.05) is 16.4 Å². The highest BCUT2D eigenvalue weighted by atomic mass is 32.1. The molecular weight excluding hydrogens is 370 g/mol. The topological polar surface area (TPSA) is 55.2 Å². The van der Waals surface area contributed by atoms with Gasteiger partial charge < -0.3 is 4.90 Å². The molecule has 1 saturated carbocycles. The summed E-state index contributed by atoms with van der Waals surface area (Å²) in [6.45, 7) is 4.44. The number of hydrogen-bond donors (Lipinski definition) is 0. The Kier molecular flexibility index (Phi) is 4.57. The van der Waals surface area contributed by atoms with Crippen molar-refractivity contribution >= 4 is 27.5 Å². The predicted octanol–water partition coefficient (Wildman–Crippen LogP) is 4.29. The molecule has 5 nitrogen and oxygen atoms in total. The molecule has 0 aromatic carbocycles. The summed E-state index contributed by atoms with van der Waals surface area (Å²) in [5, 5.41) is 0.672. The van der Waals surface area contributed by atoms with E-state index < -0.39 is 0 Å². The number of nitrogens with zero attached hydrogens (tertiary/aromatic N) is 3. The van der Waals surface area contributed by atoms with Gasteiger partial charge in [0.1, 0.15) is 10.7 Å². The smallest absolute Gasteiger partial charge is 0.264 e. The van der Waals surface area contributed by atoms with Gasteiger partial charge in [0, 0.05) is 26.1 Å². The van der Waals surface area contributed by atoms with Gasteiger partial charge in [-0.05, 0) is 50.0 Å². The van der Waals surface area contributed by atoms with Gasteiger partial charge in [-0.3, -0.25) is 14.2 Å². The van der Waals surface area contributed by atoms with Crippen molar-refractivity contribution in [3.8, 4) is 0 Å². The number of likely N-dealkylation sites (tertiary alicyclic amines) is 1. The average Bonchev–Trinajstić information content (AvgIpc) is 3.14. The molecule has 1 spiro atoms. The monoisotopic (exact) mass is 399 g/mol. The minimum absolute atomic E-state index is 0.0554. The van der Waals surface area contributed by atoms with Crippen molar-refractivity contribution in [2.75, 3.05) is 13.1 Å². The van der Waals surface area contributed by atoms with Crippen LogP contribution in [0.3, 0.4) is 0 Å². The molecule has 3 aliphatic rings. The number of amides is 1. The van der Waals surface area contributed by atoms with Crippen molar-refractivity contribution in [2.24, 2.45) is 5.41 Å². The molecule has 0 bridgehead atoms. The first-order chi connectivity index (χ1) is 13.6. The molecular formula is C22H29N3O2S. The fraction of sp³-hybridized carbons (Fsp3) is 0.682. The maximum absolute atomic E-state index is 13.4. The molecule has 2 aromatic heterocycles. The van der Waals surface area contributed by atoms with E-state index in [2.05, 4.69) is 0 Å². The molecule has 6 heteroatoms. The Balaban J connectivity index is 1.49. The first-order valence-corrected chi connectivity index (χ1v) is 11.7. The Hall–Kier alpha value is -1.69. The fourth-order valence-corrected chi connectivity index (χ4v) is 6.73. The van der Waals surface area contributed by atoms with Gasteiger partial charge in [-0.15, -0.1) is 11.3 Å². The maximum atomic E-state index is 13.4. The number of hydrogen-bond acceptors (Lipinski definition) is 4. The van der Waals surface area contributed by atoms with Crippen molar-refractivity contribution in [3.63, 3.8) is 0 Å². The van der Waals surface area contributed by atoms with E-state index in [0.717, 1.165) is 72.8 Å². The van der Waals surface area contributed by atoms with Crippen molar-refractivity contribution in [3.05, 3.63) is 26.6 Å². The lowest BCUT2D eigenvalue weighted by Crippen LogP contribution is -2.33. The third kappa shape index (κ3) is 2.92. The summed E-state index contributed by atoms with van der Waals surface area (Å²) < 4.78 is 1.86. The van der Waals surface area contributed by atoms with Crippen LogP contribution in [0.15, 0.2) is 4.79 Å². The quantitative estimate of drug-likeness (QED) is 0.719. The second-order valence-electron chi connectivity index (χ2n) is 9.07. The van der Waals surface area contributed by atoms with E-state index in [1.54, 1.807) is 0 Å². The summed E-state index contributed by atoms with van der Waals surface area (Å²) in [5.41, 5.74) is 1.25. The minimum atomic E-state index is 0.0554. The molecule has 2 aromatic rings. The van der Waals surface area contributed by atoms with Crippen LogP contribution in [0.1, 0.15) is 78.8 Å². The van der Waals surface area contributed by atoms with E-state index in [9.17, 15) is 9.59 Å². The van der Waals surface area contributed by atoms with Crippen molar-refractivity contribution < 1.29 is 4.79 Å². The maximum Gasteiger partial charge on any atom is 0.264 e. The van der Waals surface area contributed by atoms with Gasteiger partial charge in [-0.2, -0.15) is 0 Å². The number of aromatic nitrogens is 2. The highest BCUT2D eigenvalue weighted by Crippen LogP contribution is 2.44. The van der Waals surface area contributed by atoms with Gasteiger partial charge in [-0.1, -0.05) is 25.7 Å². The van der Waals surface area contributed by atoms with Crippen LogP contribution in [-0.2, 0) is 13.0 Å². The van der Waals surface area contributed by atoms with Gasteiger partial charge in [0.25, 0.3) is 11.5 Å². The molecule has 1 aliphatic carbocycles. The summed E-state index contributed by atoms with van der Waals surface area (Å²) in [7, 11) is 0. The second-order valence-corrected chi connectivity index (χ2v) is 10.1. The lowest BCUT2D eigenvalue weighted by Gasteiger charge is -2.33. The van der Waals surface area contributed by atoms with Crippen molar-refractivity contribution in [1.29, 1.82) is 0 Å². The number of aryl methyl sites for hydroxylation is 2. The molecule has 0 N–H and O–H groups in total. The van der Waals surface area contributed by atoms with E-state index in [-0.39, 0.29) is 11.5 Å². The largest absolute Gasteiger partial charge is 0.337 e. The summed E-state index contributed by atoms with van der Waals surface area (Å²) in [4.78, 5) is 34.9. The summed E-state index contributed by atoms with van der Waals surface area (Å²) >= 11 is 1.43. The molecule has 150 valence electrons. The Morgan fingerprint density at radius 3 is 2.64 bits per heavy atom. The Bertz CT molecular complexity index is 984. The fourth-order valence-electron chi connectivity index (χ4n) is 5.58. The van der Waals surface area contributed by atoms with Crippen LogP contribution in [0.4, 0.5) is 0 Å². The molecule has 2 fully saturated rings. The molecule has 0 unspecified atom stereocenters. The van der Waals surface area contributed by atoms with Gasteiger partial charge in [0.05, 0.1) is 10.3 Å². The lowest BCUT2D eigenvalue weighted by atomic mass is 9.73. The highest BCUT2D eigenvalue weighted by Gasteiger charge is 2.41. The van der Waals surface area contributed by atoms with Gasteiger partial charge in [0.2, 0.25) is 0 Å². The van der Waals surface area contributed by atoms with Crippen LogP contribution in [0.25, 0.3) is 10.2 Å². The number of fused-ring (bicyclic) bond motifs is 2. The van der Waals surface area contributed by atoms with Crippen LogP contribution in [0.5, 0.6) is 0 Å². The Morgan fingerprint density at radius 2 is 1.82 bits per heavy atom. The number of thiophene rings is 1. The average molecular weight is 400 g/mol. The molecule has 0 radical (unpaired) electrons. The third-order valence-electron chi connectivity index (χ3n) is 7.25. The van der Waals surface area contributed by atoms with Crippen molar-refractivity contribution in [1.82, 2.24) is 14.5 Å². The minimum Gasteiger partial charge on any atom is -0.337 e. The van der Waals surface area contributed by atoms with E-state index in [4.69, 9.17) is 4.98 Å².